The minimum atomic E-state index is -1.34. The van der Waals surface area contributed by atoms with Crippen LogP contribution >= 0.6 is 12.2 Å². The van der Waals surface area contributed by atoms with E-state index in [0.717, 1.165) is 5.56 Å². The van der Waals surface area contributed by atoms with Crippen molar-refractivity contribution in [2.45, 2.75) is 31.7 Å². The average Bonchev–Trinajstić information content (AvgIpc) is 2.86. The normalized spacial score (nSPS) is 11.4. The number of carboxylic acid groups (broad SMARTS) is 2. The molecule has 12 heteroatoms. The zero-order valence-corrected chi connectivity index (χ0v) is 20.4. The molecular formula is C25H25N5O6S. The van der Waals surface area contributed by atoms with Crippen LogP contribution < -0.4 is 16.4 Å². The van der Waals surface area contributed by atoms with Crippen molar-refractivity contribution >= 4 is 47.6 Å². The Morgan fingerprint density at radius 2 is 1.68 bits per heavy atom. The highest BCUT2D eigenvalue weighted by Gasteiger charge is 2.21. The highest BCUT2D eigenvalue weighted by molar-refractivity contribution is 7.71. The molecule has 1 heterocycles. The van der Waals surface area contributed by atoms with Crippen LogP contribution in [0.3, 0.4) is 0 Å². The molecule has 2 aromatic carbocycles. The molecule has 37 heavy (non-hydrogen) atoms. The van der Waals surface area contributed by atoms with Gasteiger partial charge in [-0.25, -0.2) is 9.78 Å². The predicted octanol–water partition coefficient (Wildman–Crippen LogP) is 3.01. The molecule has 0 fully saturated rings. The molecule has 0 aliphatic rings. The fourth-order valence-corrected chi connectivity index (χ4v) is 3.83. The van der Waals surface area contributed by atoms with E-state index in [4.69, 9.17) is 23.1 Å². The molecule has 192 valence electrons. The van der Waals surface area contributed by atoms with Crippen LogP contribution in [-0.2, 0) is 20.8 Å². The molecule has 2 amide bonds. The third-order valence-electron chi connectivity index (χ3n) is 5.38. The van der Waals surface area contributed by atoms with Crippen molar-refractivity contribution in [3.05, 3.63) is 70.4 Å². The zero-order valence-electron chi connectivity index (χ0n) is 19.6. The van der Waals surface area contributed by atoms with Crippen molar-refractivity contribution in [2.24, 2.45) is 0 Å². The number of nitrogens with one attached hydrogen (secondary N) is 3. The number of nitrogens with two attached hydrogens (primary N) is 1. The van der Waals surface area contributed by atoms with Crippen LogP contribution in [0.4, 0.5) is 11.6 Å². The van der Waals surface area contributed by atoms with Crippen molar-refractivity contribution in [3.63, 3.8) is 0 Å². The minimum Gasteiger partial charge on any atom is -0.481 e. The number of rotatable bonds is 11. The minimum absolute atomic E-state index is 0.106. The summed E-state index contributed by atoms with van der Waals surface area (Å²) in [4.78, 5) is 54.0. The molecule has 0 aliphatic heterocycles. The molecule has 0 saturated heterocycles. The van der Waals surface area contributed by atoms with Gasteiger partial charge in [-0.3, -0.25) is 14.4 Å². The fourth-order valence-electron chi connectivity index (χ4n) is 3.53. The molecule has 1 unspecified atom stereocenters. The van der Waals surface area contributed by atoms with E-state index in [1.807, 2.05) is 30.3 Å². The molecule has 11 nitrogen and oxygen atoms in total. The molecule has 1 aromatic heterocycles. The van der Waals surface area contributed by atoms with Crippen molar-refractivity contribution < 1.29 is 29.4 Å². The van der Waals surface area contributed by atoms with Gasteiger partial charge in [0, 0.05) is 29.7 Å². The molecular weight excluding hydrogens is 498 g/mol. The van der Waals surface area contributed by atoms with Crippen molar-refractivity contribution in [1.82, 2.24) is 15.3 Å². The van der Waals surface area contributed by atoms with Gasteiger partial charge in [0.05, 0.1) is 5.69 Å². The lowest BCUT2D eigenvalue weighted by molar-refractivity contribution is -0.140. The van der Waals surface area contributed by atoms with E-state index in [0.29, 0.717) is 28.0 Å². The Morgan fingerprint density at radius 1 is 1.00 bits per heavy atom. The lowest BCUT2D eigenvalue weighted by Gasteiger charge is -2.14. The van der Waals surface area contributed by atoms with Gasteiger partial charge in [-0.2, -0.15) is 0 Å². The first-order valence-corrected chi connectivity index (χ1v) is 11.6. The number of carboxylic acids is 2. The summed E-state index contributed by atoms with van der Waals surface area (Å²) < 4.78 is 0.307. The number of carbonyl (C=O) groups is 4. The standard InChI is InChI=1S/C25H25N5O6S/c26-25-29-21(14-4-2-1-3-5-14)17(23(37)30-25)10-12-19(31)27-16-8-6-15(7-9-16)22(34)28-18(24(35)36)11-13-20(32)33/h1-9,18H,10-13H2,(H,27,31)(H,28,34)(H,32,33)(H,35,36)(H3,26,29,30,37). The lowest BCUT2D eigenvalue weighted by atomic mass is 10.0. The summed E-state index contributed by atoms with van der Waals surface area (Å²) in [5.41, 5.74) is 8.67. The Hall–Kier alpha value is -4.58. The maximum Gasteiger partial charge on any atom is 0.326 e. The van der Waals surface area contributed by atoms with Gasteiger partial charge in [-0.15, -0.1) is 0 Å². The van der Waals surface area contributed by atoms with E-state index in [1.165, 1.54) is 24.3 Å². The first-order chi connectivity index (χ1) is 17.6. The number of hydrogen-bond donors (Lipinski definition) is 6. The first kappa shape index (κ1) is 27.0. The molecule has 3 rings (SSSR count). The molecule has 0 bridgehead atoms. The number of benzene rings is 2. The van der Waals surface area contributed by atoms with Gasteiger partial charge in [0.2, 0.25) is 5.91 Å². The molecule has 3 aromatic rings. The van der Waals surface area contributed by atoms with Crippen LogP contribution in [0.5, 0.6) is 0 Å². The summed E-state index contributed by atoms with van der Waals surface area (Å²) in [5, 5.41) is 23.0. The summed E-state index contributed by atoms with van der Waals surface area (Å²) in [6.45, 7) is 0. The van der Waals surface area contributed by atoms with Gasteiger partial charge in [-0.1, -0.05) is 42.5 Å². The van der Waals surface area contributed by atoms with Crippen LogP contribution in [0.15, 0.2) is 54.6 Å². The van der Waals surface area contributed by atoms with Gasteiger partial charge in [0.1, 0.15) is 10.7 Å². The summed E-state index contributed by atoms with van der Waals surface area (Å²) in [5.74, 6) is -3.27. The van der Waals surface area contributed by atoms with Gasteiger partial charge < -0.3 is 31.6 Å². The number of nitrogens with zero attached hydrogens (tertiary/aromatic N) is 1. The van der Waals surface area contributed by atoms with E-state index < -0.39 is 30.3 Å². The fraction of sp³-hybridized carbons (Fsp3) is 0.200. The highest BCUT2D eigenvalue weighted by Crippen LogP contribution is 2.24. The van der Waals surface area contributed by atoms with Crippen molar-refractivity contribution in [1.29, 1.82) is 0 Å². The predicted molar refractivity (Wildman–Crippen MR) is 138 cm³/mol. The Labute approximate surface area is 216 Å². The van der Waals surface area contributed by atoms with Gasteiger partial charge in [-0.05, 0) is 42.7 Å². The molecule has 0 aliphatic carbocycles. The third kappa shape index (κ3) is 7.70. The SMILES string of the molecule is Nc1nc(=S)c(CCC(=O)Nc2ccc(C(=O)NC(CCC(=O)O)C(=O)O)cc2)c(-c2ccccc2)[nH]1. The Bertz CT molecular complexity index is 1360. The average molecular weight is 524 g/mol. The molecule has 0 saturated carbocycles. The number of carbonyl (C=O) groups excluding carboxylic acids is 2. The van der Waals surface area contributed by atoms with Gasteiger partial charge >= 0.3 is 11.9 Å². The first-order valence-electron chi connectivity index (χ1n) is 11.2. The van der Waals surface area contributed by atoms with Gasteiger partial charge in [0.25, 0.3) is 5.91 Å². The number of anilines is 2. The molecule has 7 N–H and O–H groups in total. The number of aromatic amines is 1. The quantitative estimate of drug-likeness (QED) is 0.205. The van der Waals surface area contributed by atoms with Gasteiger partial charge in [0.15, 0.2) is 5.95 Å². The van der Waals surface area contributed by atoms with E-state index in [1.54, 1.807) is 0 Å². The van der Waals surface area contributed by atoms with E-state index in [2.05, 4.69) is 20.6 Å². The number of aliphatic carboxylic acids is 2. The lowest BCUT2D eigenvalue weighted by Crippen LogP contribution is -2.41. The van der Waals surface area contributed by atoms with Crippen LogP contribution in [0.25, 0.3) is 11.3 Å². The maximum absolute atomic E-state index is 12.6. The van der Waals surface area contributed by atoms with Crippen molar-refractivity contribution in [3.8, 4) is 11.3 Å². The maximum atomic E-state index is 12.6. The highest BCUT2D eigenvalue weighted by atomic mass is 32.1. The largest absolute Gasteiger partial charge is 0.481 e. The van der Waals surface area contributed by atoms with E-state index in [-0.39, 0.29) is 30.3 Å². The van der Waals surface area contributed by atoms with E-state index >= 15 is 0 Å². The van der Waals surface area contributed by atoms with Crippen LogP contribution in [0.1, 0.15) is 35.2 Å². The number of H-pyrrole nitrogens is 1. The second-order valence-corrected chi connectivity index (χ2v) is 8.46. The topological polar surface area (TPSA) is 187 Å². The monoisotopic (exact) mass is 523 g/mol. The van der Waals surface area contributed by atoms with Crippen LogP contribution in [0, 0.1) is 4.64 Å². The number of hydrogen-bond acceptors (Lipinski definition) is 7. The van der Waals surface area contributed by atoms with Crippen LogP contribution in [0.2, 0.25) is 0 Å². The van der Waals surface area contributed by atoms with E-state index in [9.17, 15) is 24.3 Å². The summed E-state index contributed by atoms with van der Waals surface area (Å²) in [7, 11) is 0. The summed E-state index contributed by atoms with van der Waals surface area (Å²) >= 11 is 5.38. The van der Waals surface area contributed by atoms with Crippen LogP contribution in [-0.4, -0.2) is 50.0 Å². The number of aromatic nitrogens is 2. The Balaban J connectivity index is 1.62. The summed E-state index contributed by atoms with van der Waals surface area (Å²) in [6.07, 6.45) is -0.225. The molecule has 0 radical (unpaired) electrons. The van der Waals surface area contributed by atoms with Crippen molar-refractivity contribution in [2.75, 3.05) is 11.1 Å². The Kier molecular flexibility index (Phi) is 9.05. The molecule has 1 atom stereocenters. The second-order valence-electron chi connectivity index (χ2n) is 8.07. The second kappa shape index (κ2) is 12.4. The number of amides is 2. The summed E-state index contributed by atoms with van der Waals surface area (Å²) in [6, 6.07) is 14.0. The Morgan fingerprint density at radius 3 is 2.30 bits per heavy atom. The zero-order chi connectivity index (χ0) is 26.9. The number of nitrogen functional groups attached to an aromatic ring is 1. The molecule has 0 spiro atoms. The smallest absolute Gasteiger partial charge is 0.326 e. The third-order valence-corrected chi connectivity index (χ3v) is 5.72.